The van der Waals surface area contributed by atoms with E-state index >= 15 is 0 Å². The van der Waals surface area contributed by atoms with Crippen molar-refractivity contribution < 1.29 is 52.5 Å². The average molecular weight is 705 g/mol. The molecule has 2 heterocycles. The minimum atomic E-state index is -1.31. The lowest BCUT2D eigenvalue weighted by atomic mass is 9.97. The number of hydrogen-bond donors (Lipinski definition) is 1. The fourth-order valence-electron chi connectivity index (χ4n) is 5.96. The minimum Gasteiger partial charge on any atom is -0.454 e. The number of hydrogen-bond acceptors (Lipinski definition) is 11. The summed E-state index contributed by atoms with van der Waals surface area (Å²) in [5.74, 6) is -0.582. The topological polar surface area (TPSA) is 120 Å². The van der Waals surface area contributed by atoms with Crippen LogP contribution in [0.2, 0.25) is 0 Å². The molecular formula is C40H48O11. The van der Waals surface area contributed by atoms with Crippen LogP contribution in [-0.4, -0.2) is 92.8 Å². The van der Waals surface area contributed by atoms with Crippen molar-refractivity contribution in [3.8, 4) is 0 Å². The molecule has 51 heavy (non-hydrogen) atoms. The monoisotopic (exact) mass is 704 g/mol. The third-order valence-corrected chi connectivity index (χ3v) is 8.37. The molecule has 0 bridgehead atoms. The third kappa shape index (κ3) is 11.4. The number of rotatable bonds is 19. The van der Waals surface area contributed by atoms with E-state index in [1.807, 2.05) is 91.0 Å². The molecule has 5 rings (SSSR count). The number of carbonyl (C=O) groups excluding carboxylic acids is 1. The van der Waals surface area contributed by atoms with Crippen LogP contribution in [-0.2, 0) is 67.2 Å². The average Bonchev–Trinajstić information content (AvgIpc) is 3.15. The zero-order valence-electron chi connectivity index (χ0n) is 28.9. The lowest BCUT2D eigenvalue weighted by Gasteiger charge is -2.47. The van der Waals surface area contributed by atoms with Crippen molar-refractivity contribution in [3.05, 3.63) is 133 Å². The standard InChI is InChI=1S/C40H48O11/c1-4-21-44-32-27-48-39(34(42)35(32)45-22-5-2)51-40-38(49-28(3)41)37(47-25-31-19-13-8-14-20-31)36(46-24-30-17-11-7-12-18-30)33(50-40)26-43-23-29-15-9-6-10-16-29/h4-20,32-40,42H,1-2,21-27H2,3H3/t32-,33+,34+,35+,36+,37-,38-,39+,40+/m0/s1. The summed E-state index contributed by atoms with van der Waals surface area (Å²) in [5.41, 5.74) is 2.82. The molecule has 0 aliphatic carbocycles. The van der Waals surface area contributed by atoms with E-state index in [0.29, 0.717) is 6.61 Å². The van der Waals surface area contributed by atoms with Crippen LogP contribution in [0.4, 0.5) is 0 Å². The highest BCUT2D eigenvalue weighted by Crippen LogP contribution is 2.33. The first-order valence-corrected chi connectivity index (χ1v) is 17.1. The Morgan fingerprint density at radius 2 is 1.27 bits per heavy atom. The second-order valence-corrected chi connectivity index (χ2v) is 12.2. The normalized spacial score (nSPS) is 27.8. The Labute approximate surface area is 299 Å². The molecule has 3 aromatic carbocycles. The van der Waals surface area contributed by atoms with Gasteiger partial charge in [0.1, 0.15) is 36.6 Å². The maximum Gasteiger partial charge on any atom is 0.303 e. The summed E-state index contributed by atoms with van der Waals surface area (Å²) < 4.78 is 55.8. The van der Waals surface area contributed by atoms with Crippen molar-refractivity contribution in [2.45, 2.75) is 82.1 Å². The molecule has 0 amide bonds. The van der Waals surface area contributed by atoms with Crippen LogP contribution in [0.1, 0.15) is 23.6 Å². The highest BCUT2D eigenvalue weighted by molar-refractivity contribution is 5.66. The van der Waals surface area contributed by atoms with Crippen LogP contribution in [0.5, 0.6) is 0 Å². The molecule has 0 spiro atoms. The minimum absolute atomic E-state index is 0.0443. The Hall–Kier alpha value is -3.75. The second-order valence-electron chi connectivity index (χ2n) is 12.2. The highest BCUT2D eigenvalue weighted by atomic mass is 16.8. The number of aliphatic hydroxyl groups is 1. The van der Waals surface area contributed by atoms with Crippen molar-refractivity contribution in [1.29, 1.82) is 0 Å². The third-order valence-electron chi connectivity index (χ3n) is 8.37. The van der Waals surface area contributed by atoms with Gasteiger partial charge in [0.15, 0.2) is 12.4 Å². The van der Waals surface area contributed by atoms with Crippen molar-refractivity contribution in [2.75, 3.05) is 26.4 Å². The van der Waals surface area contributed by atoms with Crippen LogP contribution >= 0.6 is 0 Å². The van der Waals surface area contributed by atoms with Gasteiger partial charge in [0.05, 0.1) is 46.2 Å². The Kier molecular flexibility index (Phi) is 15.3. The summed E-state index contributed by atoms with van der Waals surface area (Å²) in [7, 11) is 0. The molecule has 0 radical (unpaired) electrons. The van der Waals surface area contributed by atoms with E-state index < -0.39 is 61.3 Å². The van der Waals surface area contributed by atoms with Gasteiger partial charge in [0.2, 0.25) is 6.29 Å². The van der Waals surface area contributed by atoms with E-state index in [1.54, 1.807) is 12.2 Å². The van der Waals surface area contributed by atoms with Crippen molar-refractivity contribution >= 4 is 5.97 Å². The first kappa shape index (κ1) is 38.5. The Balaban J connectivity index is 1.44. The molecule has 2 aliphatic rings. The summed E-state index contributed by atoms with van der Waals surface area (Å²) in [6.45, 7) is 9.97. The smallest absolute Gasteiger partial charge is 0.303 e. The summed E-state index contributed by atoms with van der Waals surface area (Å²) in [6, 6.07) is 29.1. The van der Waals surface area contributed by atoms with E-state index in [1.165, 1.54) is 6.92 Å². The second kappa shape index (κ2) is 20.3. The van der Waals surface area contributed by atoms with Crippen molar-refractivity contribution in [3.63, 3.8) is 0 Å². The van der Waals surface area contributed by atoms with Gasteiger partial charge < -0.3 is 47.7 Å². The molecule has 11 nitrogen and oxygen atoms in total. The first-order chi connectivity index (χ1) is 25.0. The molecule has 3 aromatic rings. The first-order valence-electron chi connectivity index (χ1n) is 17.1. The van der Waals surface area contributed by atoms with Crippen molar-refractivity contribution in [1.82, 2.24) is 0 Å². The molecule has 0 unspecified atom stereocenters. The molecule has 2 saturated heterocycles. The van der Waals surface area contributed by atoms with Gasteiger partial charge in [-0.15, -0.1) is 13.2 Å². The van der Waals surface area contributed by atoms with Gasteiger partial charge in [0.25, 0.3) is 0 Å². The molecule has 0 aromatic heterocycles. The lowest BCUT2D eigenvalue weighted by Crippen LogP contribution is -2.64. The van der Waals surface area contributed by atoms with Gasteiger partial charge in [0, 0.05) is 6.92 Å². The number of esters is 1. The van der Waals surface area contributed by atoms with Gasteiger partial charge in [-0.2, -0.15) is 0 Å². The Morgan fingerprint density at radius 1 is 0.725 bits per heavy atom. The van der Waals surface area contributed by atoms with E-state index in [9.17, 15) is 9.90 Å². The van der Waals surface area contributed by atoms with Crippen LogP contribution in [0.3, 0.4) is 0 Å². The number of ether oxygens (including phenoxy) is 9. The number of benzene rings is 3. The molecule has 0 saturated carbocycles. The Morgan fingerprint density at radius 3 is 1.84 bits per heavy atom. The summed E-state index contributed by atoms with van der Waals surface area (Å²) >= 11 is 0. The molecule has 11 heteroatoms. The summed E-state index contributed by atoms with van der Waals surface area (Å²) in [4.78, 5) is 12.7. The van der Waals surface area contributed by atoms with Gasteiger partial charge in [-0.25, -0.2) is 0 Å². The maximum atomic E-state index is 12.7. The van der Waals surface area contributed by atoms with E-state index in [4.69, 9.17) is 42.6 Å². The van der Waals surface area contributed by atoms with Crippen LogP contribution in [0, 0.1) is 0 Å². The van der Waals surface area contributed by atoms with Crippen LogP contribution in [0.15, 0.2) is 116 Å². The van der Waals surface area contributed by atoms with E-state index in [0.717, 1.165) is 16.7 Å². The lowest BCUT2D eigenvalue weighted by molar-refractivity contribution is -0.374. The van der Waals surface area contributed by atoms with Gasteiger partial charge in [-0.3, -0.25) is 4.79 Å². The zero-order chi connectivity index (χ0) is 35.8. The molecule has 2 fully saturated rings. The fraction of sp³-hybridized carbons (Fsp3) is 0.425. The molecule has 274 valence electrons. The largest absolute Gasteiger partial charge is 0.454 e. The number of carbonyl (C=O) groups is 1. The highest BCUT2D eigenvalue weighted by Gasteiger charge is 2.52. The Bertz CT molecular complexity index is 1460. The van der Waals surface area contributed by atoms with Crippen LogP contribution in [0.25, 0.3) is 0 Å². The molecule has 1 N–H and O–H groups in total. The van der Waals surface area contributed by atoms with Gasteiger partial charge >= 0.3 is 5.97 Å². The van der Waals surface area contributed by atoms with E-state index in [2.05, 4.69) is 13.2 Å². The molecule has 2 aliphatic heterocycles. The SMILES string of the molecule is C=CCO[C@H]1[C@@H](O)[C@@H](O[C@H]2O[C@H](COCc3ccccc3)[C@@H](OCc3ccccc3)[C@H](OCc3ccccc3)[C@@H]2OC(C)=O)OC[C@@H]1OCC=C. The fourth-order valence-corrected chi connectivity index (χ4v) is 5.96. The predicted molar refractivity (Wildman–Crippen MR) is 187 cm³/mol. The zero-order valence-corrected chi connectivity index (χ0v) is 28.9. The maximum absolute atomic E-state index is 12.7. The molecular weight excluding hydrogens is 656 g/mol. The van der Waals surface area contributed by atoms with Gasteiger partial charge in [-0.05, 0) is 16.7 Å². The van der Waals surface area contributed by atoms with E-state index in [-0.39, 0.29) is 39.6 Å². The van der Waals surface area contributed by atoms with Gasteiger partial charge in [-0.1, -0.05) is 103 Å². The van der Waals surface area contributed by atoms with Crippen LogP contribution < -0.4 is 0 Å². The van der Waals surface area contributed by atoms with Crippen molar-refractivity contribution in [2.24, 2.45) is 0 Å². The molecule has 9 atom stereocenters. The quantitative estimate of drug-likeness (QED) is 0.136. The summed E-state index contributed by atoms with van der Waals surface area (Å²) in [6.07, 6.45) is -5.61. The predicted octanol–water partition coefficient (Wildman–Crippen LogP) is 4.91. The summed E-state index contributed by atoms with van der Waals surface area (Å²) in [5, 5.41) is 11.5. The number of aliphatic hydroxyl groups excluding tert-OH is 1.